The molecule has 2 aromatic rings. The SMILES string of the molecule is CCNc1cccc(C(=O)Nc2ccc(F)c(Cl)c2)n1. The largest absolute Gasteiger partial charge is 0.370 e. The fraction of sp³-hybridized carbons (Fsp3) is 0.143. The molecule has 0 atom stereocenters. The molecule has 1 amide bonds. The topological polar surface area (TPSA) is 54.0 Å². The van der Waals surface area contributed by atoms with Crippen molar-refractivity contribution in [2.45, 2.75) is 6.92 Å². The van der Waals surface area contributed by atoms with Gasteiger partial charge in [0.25, 0.3) is 5.91 Å². The lowest BCUT2D eigenvalue weighted by Gasteiger charge is -2.07. The van der Waals surface area contributed by atoms with E-state index in [4.69, 9.17) is 11.6 Å². The first-order chi connectivity index (χ1) is 9.60. The van der Waals surface area contributed by atoms with Crippen molar-refractivity contribution in [3.05, 3.63) is 52.9 Å². The quantitative estimate of drug-likeness (QED) is 0.906. The summed E-state index contributed by atoms with van der Waals surface area (Å²) < 4.78 is 13.0. The maximum atomic E-state index is 13.0. The molecular weight excluding hydrogens is 281 g/mol. The van der Waals surface area contributed by atoms with Crippen LogP contribution >= 0.6 is 11.6 Å². The number of hydrogen-bond acceptors (Lipinski definition) is 3. The van der Waals surface area contributed by atoms with Gasteiger partial charge in [0.15, 0.2) is 0 Å². The first-order valence-electron chi connectivity index (χ1n) is 6.07. The van der Waals surface area contributed by atoms with Crippen LogP contribution in [0.15, 0.2) is 36.4 Å². The molecule has 4 nitrogen and oxygen atoms in total. The molecule has 2 rings (SSSR count). The molecule has 104 valence electrons. The van der Waals surface area contributed by atoms with Crippen molar-refractivity contribution in [2.24, 2.45) is 0 Å². The molecule has 0 bridgehead atoms. The van der Waals surface area contributed by atoms with E-state index in [0.717, 1.165) is 0 Å². The Hall–Kier alpha value is -2.14. The maximum absolute atomic E-state index is 13.0. The molecule has 20 heavy (non-hydrogen) atoms. The number of benzene rings is 1. The van der Waals surface area contributed by atoms with Crippen molar-refractivity contribution in [3.8, 4) is 0 Å². The second-order valence-electron chi connectivity index (χ2n) is 4.02. The van der Waals surface area contributed by atoms with Crippen LogP contribution in [0.3, 0.4) is 0 Å². The number of nitrogens with one attached hydrogen (secondary N) is 2. The third-order valence-corrected chi connectivity index (χ3v) is 2.81. The zero-order chi connectivity index (χ0) is 14.5. The van der Waals surface area contributed by atoms with E-state index in [1.54, 1.807) is 18.2 Å². The zero-order valence-electron chi connectivity index (χ0n) is 10.8. The molecule has 1 aromatic heterocycles. The normalized spacial score (nSPS) is 10.2. The molecule has 0 radical (unpaired) electrons. The van der Waals surface area contributed by atoms with E-state index in [2.05, 4.69) is 15.6 Å². The molecular formula is C14H13ClFN3O. The molecule has 1 heterocycles. The zero-order valence-corrected chi connectivity index (χ0v) is 11.5. The Morgan fingerprint density at radius 2 is 2.15 bits per heavy atom. The third-order valence-electron chi connectivity index (χ3n) is 2.52. The monoisotopic (exact) mass is 293 g/mol. The number of amides is 1. The number of aromatic nitrogens is 1. The number of hydrogen-bond donors (Lipinski definition) is 2. The van der Waals surface area contributed by atoms with Crippen molar-refractivity contribution < 1.29 is 9.18 Å². The van der Waals surface area contributed by atoms with Gasteiger partial charge < -0.3 is 10.6 Å². The second-order valence-corrected chi connectivity index (χ2v) is 4.43. The van der Waals surface area contributed by atoms with E-state index < -0.39 is 5.82 Å². The molecule has 0 aliphatic carbocycles. The number of halogens is 2. The molecule has 0 spiro atoms. The Morgan fingerprint density at radius 1 is 1.35 bits per heavy atom. The Morgan fingerprint density at radius 3 is 2.85 bits per heavy atom. The van der Waals surface area contributed by atoms with Crippen molar-refractivity contribution in [2.75, 3.05) is 17.2 Å². The van der Waals surface area contributed by atoms with E-state index in [1.807, 2.05) is 6.92 Å². The maximum Gasteiger partial charge on any atom is 0.274 e. The van der Waals surface area contributed by atoms with Crippen molar-refractivity contribution in [3.63, 3.8) is 0 Å². The van der Waals surface area contributed by atoms with Gasteiger partial charge in [-0.1, -0.05) is 17.7 Å². The Labute approximate surface area is 121 Å². The predicted octanol–water partition coefficient (Wildman–Crippen LogP) is 3.56. The first-order valence-corrected chi connectivity index (χ1v) is 6.45. The lowest BCUT2D eigenvalue weighted by molar-refractivity contribution is 0.102. The highest BCUT2D eigenvalue weighted by molar-refractivity contribution is 6.31. The summed E-state index contributed by atoms with van der Waals surface area (Å²) in [5.41, 5.74) is 0.681. The van der Waals surface area contributed by atoms with Gasteiger partial charge in [-0.25, -0.2) is 9.37 Å². The summed E-state index contributed by atoms with van der Waals surface area (Å²) in [5.74, 6) is -0.290. The van der Waals surface area contributed by atoms with E-state index in [-0.39, 0.29) is 16.6 Å². The summed E-state index contributed by atoms with van der Waals surface area (Å²) >= 11 is 5.66. The average Bonchev–Trinajstić information content (AvgIpc) is 2.43. The van der Waals surface area contributed by atoms with Gasteiger partial charge in [-0.2, -0.15) is 0 Å². The van der Waals surface area contributed by atoms with Gasteiger partial charge in [0.1, 0.15) is 17.3 Å². The number of pyridine rings is 1. The standard InChI is InChI=1S/C14H13ClFN3O/c1-2-17-13-5-3-4-12(19-13)14(20)18-9-6-7-11(16)10(15)8-9/h3-8H,2H2,1H3,(H,17,19)(H,18,20). The highest BCUT2D eigenvalue weighted by atomic mass is 35.5. The highest BCUT2D eigenvalue weighted by Gasteiger charge is 2.09. The molecule has 2 N–H and O–H groups in total. The fourth-order valence-corrected chi connectivity index (χ4v) is 1.79. The first kappa shape index (κ1) is 14.3. The minimum absolute atomic E-state index is 0.0443. The van der Waals surface area contributed by atoms with E-state index >= 15 is 0 Å². The third kappa shape index (κ3) is 3.45. The van der Waals surface area contributed by atoms with Gasteiger partial charge in [0.05, 0.1) is 5.02 Å². The van der Waals surface area contributed by atoms with Crippen molar-refractivity contribution in [1.82, 2.24) is 4.98 Å². The molecule has 0 saturated heterocycles. The summed E-state index contributed by atoms with van der Waals surface area (Å²) in [4.78, 5) is 16.2. The van der Waals surface area contributed by atoms with Crippen LogP contribution in [0.4, 0.5) is 15.9 Å². The molecule has 0 unspecified atom stereocenters. The van der Waals surface area contributed by atoms with Crippen molar-refractivity contribution >= 4 is 29.0 Å². The molecule has 0 aliphatic heterocycles. The van der Waals surface area contributed by atoms with Crippen LogP contribution in [-0.2, 0) is 0 Å². The number of carbonyl (C=O) groups excluding carboxylic acids is 1. The van der Waals surface area contributed by atoms with Crippen molar-refractivity contribution in [1.29, 1.82) is 0 Å². The minimum atomic E-state index is -0.531. The summed E-state index contributed by atoms with van der Waals surface area (Å²) in [6, 6.07) is 9.09. The predicted molar refractivity (Wildman–Crippen MR) is 77.8 cm³/mol. The van der Waals surface area contributed by atoms with E-state index in [9.17, 15) is 9.18 Å². The number of anilines is 2. The van der Waals surface area contributed by atoms with E-state index in [0.29, 0.717) is 18.1 Å². The second kappa shape index (κ2) is 6.34. The minimum Gasteiger partial charge on any atom is -0.370 e. The smallest absolute Gasteiger partial charge is 0.274 e. The summed E-state index contributed by atoms with van der Waals surface area (Å²) in [7, 11) is 0. The number of rotatable bonds is 4. The van der Waals surface area contributed by atoms with Crippen LogP contribution in [0.25, 0.3) is 0 Å². The summed E-state index contributed by atoms with van der Waals surface area (Å²) in [6.45, 7) is 2.65. The lowest BCUT2D eigenvalue weighted by atomic mass is 10.3. The molecule has 0 saturated carbocycles. The Kier molecular flexibility index (Phi) is 4.53. The van der Waals surface area contributed by atoms with Gasteiger partial charge >= 0.3 is 0 Å². The van der Waals surface area contributed by atoms with Crippen LogP contribution in [0.5, 0.6) is 0 Å². The van der Waals surface area contributed by atoms with Gasteiger partial charge in [-0.15, -0.1) is 0 Å². The highest BCUT2D eigenvalue weighted by Crippen LogP contribution is 2.19. The fourth-order valence-electron chi connectivity index (χ4n) is 1.61. The van der Waals surface area contributed by atoms with Gasteiger partial charge in [-0.3, -0.25) is 4.79 Å². The Bertz CT molecular complexity index is 634. The number of carbonyl (C=O) groups is 1. The van der Waals surface area contributed by atoms with Crippen LogP contribution in [0, 0.1) is 5.82 Å². The Balaban J connectivity index is 2.15. The average molecular weight is 294 g/mol. The lowest BCUT2D eigenvalue weighted by Crippen LogP contribution is -2.14. The molecule has 6 heteroatoms. The van der Waals surface area contributed by atoms with Gasteiger partial charge in [-0.05, 0) is 37.3 Å². The molecule has 1 aromatic carbocycles. The molecule has 0 fully saturated rings. The molecule has 0 aliphatic rings. The number of nitrogens with zero attached hydrogens (tertiary/aromatic N) is 1. The van der Waals surface area contributed by atoms with Gasteiger partial charge in [0.2, 0.25) is 0 Å². The van der Waals surface area contributed by atoms with E-state index in [1.165, 1.54) is 18.2 Å². The van der Waals surface area contributed by atoms with Crippen LogP contribution in [0.2, 0.25) is 5.02 Å². The van der Waals surface area contributed by atoms with Gasteiger partial charge in [0, 0.05) is 12.2 Å². The van der Waals surface area contributed by atoms with Crippen LogP contribution in [0.1, 0.15) is 17.4 Å². The summed E-state index contributed by atoms with van der Waals surface area (Å²) in [5, 5.41) is 5.59. The summed E-state index contributed by atoms with van der Waals surface area (Å²) in [6.07, 6.45) is 0. The van der Waals surface area contributed by atoms with Crippen LogP contribution < -0.4 is 10.6 Å². The van der Waals surface area contributed by atoms with Crippen LogP contribution in [-0.4, -0.2) is 17.4 Å².